The molecule has 96 valence electrons. The number of carbonyl (C=O) groups is 1. The number of likely N-dealkylation sites (tertiary alicyclic amines) is 1. The maximum atomic E-state index is 12.2. The summed E-state index contributed by atoms with van der Waals surface area (Å²) in [5, 5.41) is 0. The number of hydrogen-bond donors (Lipinski definition) is 0. The van der Waals surface area contributed by atoms with E-state index in [9.17, 15) is 4.79 Å². The minimum Gasteiger partial charge on any atom is -0.303 e. The van der Waals surface area contributed by atoms with Gasteiger partial charge in [-0.15, -0.1) is 0 Å². The van der Waals surface area contributed by atoms with Crippen molar-refractivity contribution in [3.05, 3.63) is 34.9 Å². The average Bonchev–Trinajstić information content (AvgIpc) is 3.05. The van der Waals surface area contributed by atoms with Crippen molar-refractivity contribution in [3.63, 3.8) is 0 Å². The second-order valence-electron chi connectivity index (χ2n) is 5.56. The van der Waals surface area contributed by atoms with Crippen LogP contribution in [0.5, 0.6) is 0 Å². The summed E-state index contributed by atoms with van der Waals surface area (Å²) >= 11 is 0. The van der Waals surface area contributed by atoms with Crippen LogP contribution in [0.15, 0.2) is 18.2 Å². The van der Waals surface area contributed by atoms with Crippen molar-refractivity contribution < 1.29 is 4.79 Å². The lowest BCUT2D eigenvalue weighted by Gasteiger charge is -2.13. The summed E-state index contributed by atoms with van der Waals surface area (Å²) in [6.45, 7) is 3.30. The van der Waals surface area contributed by atoms with Gasteiger partial charge in [0.2, 0.25) is 0 Å². The van der Waals surface area contributed by atoms with Gasteiger partial charge in [-0.3, -0.25) is 4.79 Å². The number of carbonyl (C=O) groups excluding carboxylic acids is 1. The van der Waals surface area contributed by atoms with E-state index < -0.39 is 0 Å². The lowest BCUT2D eigenvalue weighted by Crippen LogP contribution is -2.22. The van der Waals surface area contributed by atoms with Gasteiger partial charge >= 0.3 is 0 Å². The molecule has 0 aromatic heterocycles. The quantitative estimate of drug-likeness (QED) is 0.758. The zero-order valence-corrected chi connectivity index (χ0v) is 11.0. The molecule has 1 heterocycles. The number of benzene rings is 1. The zero-order valence-electron chi connectivity index (χ0n) is 11.0. The topological polar surface area (TPSA) is 20.3 Å². The van der Waals surface area contributed by atoms with E-state index in [2.05, 4.69) is 17.0 Å². The molecule has 2 heteroatoms. The third-order valence-corrected chi connectivity index (χ3v) is 4.27. The molecule has 0 bridgehead atoms. The lowest BCUT2D eigenvalue weighted by atomic mass is 10.0. The fourth-order valence-electron chi connectivity index (χ4n) is 3.16. The van der Waals surface area contributed by atoms with Crippen LogP contribution in [0.3, 0.4) is 0 Å². The molecular formula is C16H21NO. The van der Waals surface area contributed by atoms with Crippen LogP contribution in [0, 0.1) is 0 Å². The Hall–Kier alpha value is -1.15. The van der Waals surface area contributed by atoms with Crippen molar-refractivity contribution in [1.29, 1.82) is 0 Å². The van der Waals surface area contributed by atoms with Gasteiger partial charge in [0.05, 0.1) is 0 Å². The Kier molecular flexibility index (Phi) is 3.46. The maximum absolute atomic E-state index is 12.2. The highest BCUT2D eigenvalue weighted by molar-refractivity contribution is 5.96. The fourth-order valence-corrected chi connectivity index (χ4v) is 3.16. The molecule has 0 unspecified atom stereocenters. The van der Waals surface area contributed by atoms with Crippen LogP contribution < -0.4 is 0 Å². The number of nitrogens with zero attached hydrogens (tertiary/aromatic N) is 1. The first-order chi connectivity index (χ1) is 8.83. The molecule has 0 amide bonds. The average molecular weight is 243 g/mol. The molecule has 1 aliphatic heterocycles. The van der Waals surface area contributed by atoms with E-state index in [1.807, 2.05) is 6.07 Å². The van der Waals surface area contributed by atoms with Crippen molar-refractivity contribution in [2.75, 3.05) is 19.6 Å². The molecule has 0 saturated carbocycles. The number of Topliss-reactive ketones (excluding diaryl/α,β-unsaturated/α-hetero) is 1. The monoisotopic (exact) mass is 243 g/mol. The summed E-state index contributed by atoms with van der Waals surface area (Å²) in [4.78, 5) is 14.6. The van der Waals surface area contributed by atoms with Crippen molar-refractivity contribution >= 4 is 5.78 Å². The van der Waals surface area contributed by atoms with E-state index >= 15 is 0 Å². The van der Waals surface area contributed by atoms with Crippen molar-refractivity contribution in [2.45, 2.75) is 38.5 Å². The predicted molar refractivity (Wildman–Crippen MR) is 73.1 cm³/mol. The number of hydrogen-bond acceptors (Lipinski definition) is 2. The van der Waals surface area contributed by atoms with E-state index in [0.717, 1.165) is 18.5 Å². The molecule has 0 radical (unpaired) electrons. The largest absolute Gasteiger partial charge is 0.303 e. The first-order valence-electron chi connectivity index (χ1n) is 7.20. The summed E-state index contributed by atoms with van der Waals surface area (Å²) in [5.74, 6) is 0.316. The molecule has 2 aliphatic rings. The van der Waals surface area contributed by atoms with Gasteiger partial charge in [-0.05, 0) is 62.4 Å². The minimum atomic E-state index is 0.316. The molecule has 1 fully saturated rings. The second-order valence-corrected chi connectivity index (χ2v) is 5.56. The van der Waals surface area contributed by atoms with Crippen molar-refractivity contribution in [2.24, 2.45) is 0 Å². The molecule has 2 nitrogen and oxygen atoms in total. The molecular weight excluding hydrogens is 222 g/mol. The van der Waals surface area contributed by atoms with Crippen LogP contribution in [0.1, 0.15) is 47.2 Å². The summed E-state index contributed by atoms with van der Waals surface area (Å²) in [6, 6.07) is 6.32. The summed E-state index contributed by atoms with van der Waals surface area (Å²) in [5.41, 5.74) is 3.78. The lowest BCUT2D eigenvalue weighted by molar-refractivity contribution is 0.0969. The first kappa shape index (κ1) is 11.9. The Labute approximate surface area is 109 Å². The van der Waals surface area contributed by atoms with E-state index in [4.69, 9.17) is 0 Å². The Bertz CT molecular complexity index is 446. The predicted octanol–water partition coefficient (Wildman–Crippen LogP) is 2.84. The number of rotatable bonds is 4. The Morgan fingerprint density at radius 1 is 1.06 bits per heavy atom. The van der Waals surface area contributed by atoms with E-state index in [0.29, 0.717) is 12.2 Å². The zero-order chi connectivity index (χ0) is 12.4. The maximum Gasteiger partial charge on any atom is 0.164 e. The Morgan fingerprint density at radius 3 is 2.67 bits per heavy atom. The smallest absolute Gasteiger partial charge is 0.164 e. The van der Waals surface area contributed by atoms with Crippen LogP contribution in [0.4, 0.5) is 0 Å². The normalized spacial score (nSPS) is 19.1. The second kappa shape index (κ2) is 5.23. The summed E-state index contributed by atoms with van der Waals surface area (Å²) in [6.07, 6.45) is 6.87. The van der Waals surface area contributed by atoms with Gasteiger partial charge in [0, 0.05) is 18.5 Å². The number of ketones is 1. The Balaban J connectivity index is 1.61. The molecule has 1 aromatic rings. The van der Waals surface area contributed by atoms with Gasteiger partial charge in [-0.2, -0.15) is 0 Å². The van der Waals surface area contributed by atoms with Crippen LogP contribution in [0.2, 0.25) is 0 Å². The molecule has 1 aliphatic carbocycles. The molecule has 1 aromatic carbocycles. The number of fused-ring (bicyclic) bond motifs is 1. The minimum absolute atomic E-state index is 0.316. The van der Waals surface area contributed by atoms with Crippen molar-refractivity contribution in [1.82, 2.24) is 4.90 Å². The standard InChI is InChI=1S/C16H21NO/c18-16(8-11-17-9-1-2-10-17)15-7-6-13-4-3-5-14(13)12-15/h6-7,12H,1-5,8-11H2. The van der Waals surface area contributed by atoms with E-state index in [1.54, 1.807) is 0 Å². The highest BCUT2D eigenvalue weighted by atomic mass is 16.1. The fraction of sp³-hybridized carbons (Fsp3) is 0.562. The third kappa shape index (κ3) is 2.49. The summed E-state index contributed by atoms with van der Waals surface area (Å²) < 4.78 is 0. The first-order valence-corrected chi connectivity index (χ1v) is 7.20. The number of aryl methyl sites for hydroxylation is 2. The van der Waals surface area contributed by atoms with Gasteiger partial charge in [0.25, 0.3) is 0 Å². The van der Waals surface area contributed by atoms with Gasteiger partial charge in [-0.1, -0.05) is 12.1 Å². The van der Waals surface area contributed by atoms with Crippen LogP contribution in [-0.2, 0) is 12.8 Å². The molecule has 0 N–H and O–H groups in total. The van der Waals surface area contributed by atoms with Gasteiger partial charge < -0.3 is 4.90 Å². The van der Waals surface area contributed by atoms with E-state index in [1.165, 1.54) is 49.9 Å². The highest BCUT2D eigenvalue weighted by Gasteiger charge is 2.16. The SMILES string of the molecule is O=C(CCN1CCCC1)c1ccc2c(c1)CCC2. The van der Waals surface area contributed by atoms with Gasteiger partial charge in [-0.25, -0.2) is 0 Å². The Morgan fingerprint density at radius 2 is 1.83 bits per heavy atom. The van der Waals surface area contributed by atoms with Crippen LogP contribution >= 0.6 is 0 Å². The van der Waals surface area contributed by atoms with Crippen LogP contribution in [0.25, 0.3) is 0 Å². The molecule has 0 atom stereocenters. The molecule has 0 spiro atoms. The van der Waals surface area contributed by atoms with E-state index in [-0.39, 0.29) is 0 Å². The molecule has 18 heavy (non-hydrogen) atoms. The van der Waals surface area contributed by atoms with Gasteiger partial charge in [0.1, 0.15) is 0 Å². The molecule has 3 rings (SSSR count). The third-order valence-electron chi connectivity index (χ3n) is 4.27. The highest BCUT2D eigenvalue weighted by Crippen LogP contribution is 2.23. The summed E-state index contributed by atoms with van der Waals surface area (Å²) in [7, 11) is 0. The van der Waals surface area contributed by atoms with Gasteiger partial charge in [0.15, 0.2) is 5.78 Å². The van der Waals surface area contributed by atoms with Crippen LogP contribution in [-0.4, -0.2) is 30.3 Å². The van der Waals surface area contributed by atoms with Crippen molar-refractivity contribution in [3.8, 4) is 0 Å². The molecule has 1 saturated heterocycles.